The van der Waals surface area contributed by atoms with Gasteiger partial charge in [-0.15, -0.1) is 13.2 Å². The van der Waals surface area contributed by atoms with Crippen LogP contribution in [-0.2, 0) is 11.2 Å². The highest BCUT2D eigenvalue weighted by molar-refractivity contribution is 7.91. The van der Waals surface area contributed by atoms with Crippen LogP contribution in [0.25, 0.3) is 5.69 Å². The SMILES string of the molecule is [O-][S+](c1nc(Cl)cn1-c1c(Cl)cc(OC(F)(F)F)cc1Cl)C(F)F. The van der Waals surface area contributed by atoms with Crippen molar-refractivity contribution >= 4 is 46.0 Å². The molecule has 0 saturated heterocycles. The first-order valence-corrected chi connectivity index (χ1v) is 8.03. The number of halogens is 8. The lowest BCUT2D eigenvalue weighted by Crippen LogP contribution is -2.18. The first-order chi connectivity index (χ1) is 11.0. The Morgan fingerprint density at radius 1 is 1.17 bits per heavy atom. The summed E-state index contributed by atoms with van der Waals surface area (Å²) < 4.78 is 78.1. The summed E-state index contributed by atoms with van der Waals surface area (Å²) in [6, 6.07) is 1.53. The van der Waals surface area contributed by atoms with Gasteiger partial charge in [-0.25, -0.2) is 0 Å². The third-order valence-electron chi connectivity index (χ3n) is 2.45. The van der Waals surface area contributed by atoms with E-state index < -0.39 is 34.2 Å². The Bertz CT molecular complexity index is 733. The van der Waals surface area contributed by atoms with Crippen LogP contribution in [0, 0.1) is 0 Å². The molecular formula is C11H4Cl3F5N2O2S. The van der Waals surface area contributed by atoms with Crippen LogP contribution in [0.1, 0.15) is 0 Å². The summed E-state index contributed by atoms with van der Waals surface area (Å²) >= 11 is 14.5. The summed E-state index contributed by atoms with van der Waals surface area (Å²) in [5.74, 6) is -3.99. The van der Waals surface area contributed by atoms with Crippen LogP contribution in [0.5, 0.6) is 5.75 Å². The van der Waals surface area contributed by atoms with Crippen molar-refractivity contribution in [2.75, 3.05) is 0 Å². The quantitative estimate of drug-likeness (QED) is 0.504. The summed E-state index contributed by atoms with van der Waals surface area (Å²) in [6.45, 7) is 0. The fourth-order valence-corrected chi connectivity index (χ4v) is 3.25. The minimum Gasteiger partial charge on any atom is -0.604 e. The number of alkyl halides is 5. The van der Waals surface area contributed by atoms with Gasteiger partial charge < -0.3 is 9.29 Å². The Morgan fingerprint density at radius 3 is 2.17 bits per heavy atom. The Balaban J connectivity index is 2.54. The van der Waals surface area contributed by atoms with Gasteiger partial charge >= 0.3 is 17.3 Å². The second kappa shape index (κ2) is 7.12. The molecule has 1 heterocycles. The molecule has 0 radical (unpaired) electrons. The largest absolute Gasteiger partial charge is 0.604 e. The number of imidazole rings is 1. The first kappa shape index (κ1) is 19.4. The Labute approximate surface area is 149 Å². The van der Waals surface area contributed by atoms with E-state index in [0.29, 0.717) is 0 Å². The number of benzene rings is 1. The molecule has 1 unspecified atom stereocenters. The van der Waals surface area contributed by atoms with Gasteiger partial charge in [-0.2, -0.15) is 13.8 Å². The second-order valence-corrected chi connectivity index (χ2v) is 6.58. The third-order valence-corrected chi connectivity index (χ3v) is 4.18. The van der Waals surface area contributed by atoms with E-state index in [1.54, 1.807) is 0 Å². The van der Waals surface area contributed by atoms with E-state index >= 15 is 0 Å². The molecule has 0 saturated carbocycles. The zero-order valence-electron chi connectivity index (χ0n) is 11.0. The monoisotopic (exact) mass is 428 g/mol. The highest BCUT2D eigenvalue weighted by atomic mass is 35.5. The lowest BCUT2D eigenvalue weighted by atomic mass is 10.3. The Kier molecular flexibility index (Phi) is 5.75. The highest BCUT2D eigenvalue weighted by Gasteiger charge is 2.33. The lowest BCUT2D eigenvalue weighted by molar-refractivity contribution is -0.274. The van der Waals surface area contributed by atoms with Crippen molar-refractivity contribution in [3.63, 3.8) is 0 Å². The molecule has 1 aromatic heterocycles. The number of aromatic nitrogens is 2. The van der Waals surface area contributed by atoms with E-state index in [1.807, 2.05) is 0 Å². The van der Waals surface area contributed by atoms with Gasteiger partial charge in [-0.05, 0) is 0 Å². The van der Waals surface area contributed by atoms with Gasteiger partial charge in [-0.3, -0.25) is 4.57 Å². The molecule has 0 amide bonds. The molecule has 0 spiro atoms. The van der Waals surface area contributed by atoms with Gasteiger partial charge in [0, 0.05) is 12.1 Å². The lowest BCUT2D eigenvalue weighted by Gasteiger charge is -2.15. The van der Waals surface area contributed by atoms with Crippen LogP contribution in [0.2, 0.25) is 15.2 Å². The standard InChI is InChI=1S/C11H4Cl3F5N2O2S/c12-5-1-4(23-11(17,18)19)2-6(13)8(5)21-3-7(14)20-10(21)24(22)9(15)16/h1-3,9H. The Morgan fingerprint density at radius 2 is 1.71 bits per heavy atom. The second-order valence-electron chi connectivity index (χ2n) is 4.06. The maximum Gasteiger partial charge on any atom is 0.573 e. The maximum atomic E-state index is 12.7. The molecule has 0 aliphatic carbocycles. The van der Waals surface area contributed by atoms with Gasteiger partial charge in [0.25, 0.3) is 0 Å². The molecule has 0 bridgehead atoms. The fraction of sp³-hybridized carbons (Fsp3) is 0.182. The number of hydrogen-bond acceptors (Lipinski definition) is 3. The van der Waals surface area contributed by atoms with E-state index in [0.717, 1.165) is 22.9 Å². The number of hydrogen-bond donors (Lipinski definition) is 0. The number of rotatable bonds is 4. The van der Waals surface area contributed by atoms with Crippen molar-refractivity contribution in [2.24, 2.45) is 0 Å². The highest BCUT2D eigenvalue weighted by Crippen LogP contribution is 2.37. The summed E-state index contributed by atoms with van der Waals surface area (Å²) in [4.78, 5) is 3.49. The van der Waals surface area contributed by atoms with E-state index in [1.165, 1.54) is 0 Å². The van der Waals surface area contributed by atoms with Gasteiger partial charge in [-0.1, -0.05) is 34.8 Å². The van der Waals surface area contributed by atoms with Gasteiger partial charge in [0.2, 0.25) is 0 Å². The van der Waals surface area contributed by atoms with Gasteiger partial charge in [0.1, 0.15) is 5.75 Å². The fourth-order valence-electron chi connectivity index (χ4n) is 1.68. The van der Waals surface area contributed by atoms with Crippen molar-refractivity contribution in [3.05, 3.63) is 33.5 Å². The third kappa shape index (κ3) is 4.37. The van der Waals surface area contributed by atoms with Crippen molar-refractivity contribution < 1.29 is 31.2 Å². The molecule has 0 aliphatic rings. The van der Waals surface area contributed by atoms with Crippen molar-refractivity contribution in [1.29, 1.82) is 0 Å². The molecule has 1 aromatic carbocycles. The molecule has 13 heteroatoms. The number of ether oxygens (including phenoxy) is 1. The van der Waals surface area contributed by atoms with Crippen LogP contribution in [0.3, 0.4) is 0 Å². The molecule has 2 rings (SSSR count). The molecule has 132 valence electrons. The summed E-state index contributed by atoms with van der Waals surface area (Å²) in [5, 5.41) is -1.73. The van der Waals surface area contributed by atoms with Gasteiger partial charge in [0.15, 0.2) is 5.15 Å². The van der Waals surface area contributed by atoms with Crippen LogP contribution in [0.4, 0.5) is 22.0 Å². The molecule has 4 nitrogen and oxygen atoms in total. The smallest absolute Gasteiger partial charge is 0.573 e. The topological polar surface area (TPSA) is 50.1 Å². The molecular weight excluding hydrogens is 426 g/mol. The molecule has 24 heavy (non-hydrogen) atoms. The van der Waals surface area contributed by atoms with E-state index in [4.69, 9.17) is 34.8 Å². The van der Waals surface area contributed by atoms with E-state index in [-0.39, 0.29) is 20.9 Å². The van der Waals surface area contributed by atoms with Crippen molar-refractivity contribution in [2.45, 2.75) is 17.3 Å². The van der Waals surface area contributed by atoms with E-state index in [2.05, 4.69) is 9.72 Å². The minimum absolute atomic E-state index is 0.226. The summed E-state index contributed by atoms with van der Waals surface area (Å²) in [7, 11) is 0. The minimum atomic E-state index is -4.98. The zero-order valence-corrected chi connectivity index (χ0v) is 14.0. The van der Waals surface area contributed by atoms with Crippen LogP contribution in [-0.4, -0.2) is 26.2 Å². The average molecular weight is 430 g/mol. The summed E-state index contributed by atoms with van der Waals surface area (Å²) in [5.41, 5.74) is -0.226. The first-order valence-electron chi connectivity index (χ1n) is 5.68. The molecule has 2 aromatic rings. The Hall–Kier alpha value is -0.940. The molecule has 0 aliphatic heterocycles. The predicted octanol–water partition coefficient (Wildman–Crippen LogP) is 5.06. The molecule has 0 fully saturated rings. The van der Waals surface area contributed by atoms with E-state index in [9.17, 15) is 26.5 Å². The van der Waals surface area contributed by atoms with Crippen molar-refractivity contribution in [1.82, 2.24) is 9.55 Å². The normalized spacial score (nSPS) is 13.4. The van der Waals surface area contributed by atoms with Crippen LogP contribution < -0.4 is 4.74 Å². The van der Waals surface area contributed by atoms with Crippen LogP contribution in [0.15, 0.2) is 23.5 Å². The van der Waals surface area contributed by atoms with Crippen LogP contribution >= 0.6 is 34.8 Å². The molecule has 0 N–H and O–H groups in total. The number of nitrogens with zero attached hydrogens (tertiary/aromatic N) is 2. The van der Waals surface area contributed by atoms with Gasteiger partial charge in [0.05, 0.1) is 33.1 Å². The van der Waals surface area contributed by atoms with Crippen molar-refractivity contribution in [3.8, 4) is 11.4 Å². The summed E-state index contributed by atoms with van der Waals surface area (Å²) in [6.07, 6.45) is -3.98. The predicted molar refractivity (Wildman–Crippen MR) is 77.7 cm³/mol. The zero-order chi connectivity index (χ0) is 18.2. The maximum absolute atomic E-state index is 12.7. The average Bonchev–Trinajstić information content (AvgIpc) is 2.76. The molecule has 1 atom stereocenters.